The summed E-state index contributed by atoms with van der Waals surface area (Å²) in [7, 11) is 0. The summed E-state index contributed by atoms with van der Waals surface area (Å²) in [5, 5.41) is 0. The normalized spacial score (nSPS) is 24.5. The van der Waals surface area contributed by atoms with Gasteiger partial charge >= 0.3 is 133 Å². The summed E-state index contributed by atoms with van der Waals surface area (Å²) >= 11 is 0. The third-order valence-electron chi connectivity index (χ3n) is 7.53. The number of carbonyl (C=O) groups excluding carboxylic acids is 2. The Kier molecular flexibility index (Phi) is 17.2. The third-order valence-corrected chi connectivity index (χ3v) is 7.53. The van der Waals surface area contributed by atoms with E-state index in [4.69, 9.17) is 0 Å². The lowest BCUT2D eigenvalue weighted by atomic mass is 10.2. The van der Waals surface area contributed by atoms with E-state index in [2.05, 4.69) is 18.9 Å². The Morgan fingerprint density at radius 2 is 0.618 bits per heavy atom. The molecule has 0 amide bonds. The average molecular weight is 1250 g/mol. The molecule has 0 aromatic rings. The molecule has 0 bridgehead atoms. The summed E-state index contributed by atoms with van der Waals surface area (Å²) in [6.45, 7) is 0. The fraction of sp³-hybridized carbons (Fsp3) is 0.917. The Bertz CT molecular complexity index is 2070. The fourth-order valence-electron chi connectivity index (χ4n) is 4.09. The van der Waals surface area contributed by atoms with Crippen LogP contribution < -0.4 is 0 Å². The van der Waals surface area contributed by atoms with Crippen LogP contribution in [0.5, 0.6) is 0 Å². The van der Waals surface area contributed by atoms with Crippen LogP contribution in [0.3, 0.4) is 0 Å². The van der Waals surface area contributed by atoms with Gasteiger partial charge in [0.05, 0.1) is 0 Å². The molecule has 2 heterocycles. The molecule has 0 N–H and O–H groups in total. The Morgan fingerprint density at radius 3 is 0.855 bits per heavy atom. The molecular weight excluding hydrogens is 1250 g/mol. The second-order valence-corrected chi connectivity index (χ2v) is 13.0. The van der Waals surface area contributed by atoms with Crippen molar-refractivity contribution >= 4 is 11.9 Å². The summed E-state index contributed by atoms with van der Waals surface area (Å²) < 4.78 is 557. The fourth-order valence-corrected chi connectivity index (χ4v) is 4.09. The van der Waals surface area contributed by atoms with Crippen molar-refractivity contribution < 1.29 is 232 Å². The highest BCUT2D eigenvalue weighted by molar-refractivity contribution is 5.79. The van der Waals surface area contributed by atoms with Crippen LogP contribution in [-0.4, -0.2) is 145 Å². The zero-order valence-electron chi connectivity index (χ0n) is 32.1. The van der Waals surface area contributed by atoms with Gasteiger partial charge in [-0.3, -0.25) is 18.9 Å². The summed E-state index contributed by atoms with van der Waals surface area (Å²) in [6.07, 6.45) is -115. The van der Waals surface area contributed by atoms with E-state index in [9.17, 15) is 194 Å². The van der Waals surface area contributed by atoms with Crippen LogP contribution in [-0.2, 0) is 47.5 Å². The van der Waals surface area contributed by atoms with E-state index in [-0.39, 0.29) is 0 Å². The summed E-state index contributed by atoms with van der Waals surface area (Å²) in [5.74, 6) is -55.1. The Morgan fingerprint density at radius 1 is 0.355 bits per heavy atom. The van der Waals surface area contributed by atoms with Crippen LogP contribution in [0.4, 0.5) is 184 Å². The van der Waals surface area contributed by atoms with Gasteiger partial charge in [-0.05, 0) is 0 Å². The molecular formula is C24H2F42O10. The zero-order valence-corrected chi connectivity index (χ0v) is 32.1. The van der Waals surface area contributed by atoms with Gasteiger partial charge in [0, 0.05) is 0 Å². The first-order valence-corrected chi connectivity index (χ1v) is 15.8. The number of halogens is 42. The van der Waals surface area contributed by atoms with E-state index in [1.807, 2.05) is 9.47 Å². The number of hydrogen-bond acceptors (Lipinski definition) is 10. The molecule has 0 radical (unpaired) electrons. The van der Waals surface area contributed by atoms with Crippen molar-refractivity contribution in [1.82, 2.24) is 0 Å². The lowest BCUT2D eigenvalue weighted by molar-refractivity contribution is -0.493. The van der Waals surface area contributed by atoms with Crippen molar-refractivity contribution in [3.05, 3.63) is 0 Å². The third kappa shape index (κ3) is 12.0. The molecule has 0 aromatic carbocycles. The highest BCUT2D eigenvalue weighted by atomic mass is 19.5. The number of rotatable bonds is 12. The van der Waals surface area contributed by atoms with Crippen molar-refractivity contribution in [1.29, 1.82) is 0 Å². The Hall–Kier alpha value is -4.24. The Balaban J connectivity index is 0.000000760. The molecule has 10 nitrogen and oxygen atoms in total. The largest absolute Gasteiger partial charge is 0.466 e. The van der Waals surface area contributed by atoms with Gasteiger partial charge < -0.3 is 18.9 Å². The van der Waals surface area contributed by atoms with Crippen LogP contribution in [0.2, 0.25) is 0 Å². The Labute approximate surface area is 378 Å². The van der Waals surface area contributed by atoms with Gasteiger partial charge in [-0.25, -0.2) is 9.59 Å². The maximum absolute atomic E-state index is 14.0. The number of alkyl halides is 42. The second kappa shape index (κ2) is 18.7. The number of hydrogen-bond donors (Lipinski definition) is 0. The molecule has 2 aliphatic heterocycles. The number of carbonyl (C=O) groups is 2. The molecule has 0 spiro atoms. The van der Waals surface area contributed by atoms with Gasteiger partial charge in [0.15, 0.2) is 0 Å². The van der Waals surface area contributed by atoms with Crippen LogP contribution in [0.15, 0.2) is 0 Å². The zero-order chi connectivity index (χ0) is 62.0. The second-order valence-electron chi connectivity index (χ2n) is 13.0. The molecule has 0 aromatic heterocycles. The molecule has 452 valence electrons. The maximum atomic E-state index is 14.0. The van der Waals surface area contributed by atoms with Crippen molar-refractivity contribution in [2.45, 2.75) is 133 Å². The van der Waals surface area contributed by atoms with Gasteiger partial charge in [-0.2, -0.15) is 184 Å². The van der Waals surface area contributed by atoms with Crippen molar-refractivity contribution in [3.8, 4) is 0 Å². The highest BCUT2D eigenvalue weighted by Gasteiger charge is 2.90. The highest BCUT2D eigenvalue weighted by Crippen LogP contribution is 2.61. The molecule has 2 saturated heterocycles. The minimum atomic E-state index is -7.93. The molecule has 5 atom stereocenters. The first kappa shape index (κ1) is 69.8. The topological polar surface area (TPSA) is 108 Å². The van der Waals surface area contributed by atoms with Crippen LogP contribution in [0, 0.1) is 0 Å². The molecule has 0 saturated carbocycles. The monoisotopic (exact) mass is 1250 g/mol. The minimum absolute atomic E-state index is 1.39. The predicted molar refractivity (Wildman–Crippen MR) is 127 cm³/mol. The maximum Gasteiger partial charge on any atom is 0.466 e. The molecule has 2 rings (SSSR count). The molecule has 52 heteroatoms. The average Bonchev–Trinajstić information content (AvgIpc) is 3.61. The summed E-state index contributed by atoms with van der Waals surface area (Å²) in [6, 6.07) is 0. The van der Waals surface area contributed by atoms with Gasteiger partial charge in [-0.15, -0.1) is 0 Å². The standard InChI is InChI=1S/2C12HF21O5/c13-3(8(20,21)22,37-12(32,33)6(18,19)9(23,24)25)2(34)36-4(14,15)1-5(16,17)38-7(35-1,10(26,27)28)11(29,30)31;13-3(8(21,22)23,37-11(30,31)6(19,20)9(24,25)26)2(34)36-12(32,33)7(10(27,28)29)35-1(4(14,15)16)5(17,18)38-7/h2*1H. The van der Waals surface area contributed by atoms with Gasteiger partial charge in [0.2, 0.25) is 6.10 Å². The quantitative estimate of drug-likeness (QED) is 0.138. The smallest absolute Gasteiger partial charge is 0.394 e. The molecule has 0 aliphatic carbocycles. The number of esters is 2. The predicted octanol–water partition coefficient (Wildman–Crippen LogP) is 12.0. The molecule has 2 fully saturated rings. The SMILES string of the molecule is O=C(OC(F)(F)C1(C(F)(F)F)OC(C(F)(F)F)C(F)(F)O1)C(F)(OC(F)(F)C(F)(F)C(F)(F)F)C(F)(F)F.O=C(OC(F)(F)C1OC(C(F)(F)F)(C(F)(F)F)OC1(F)F)C(F)(OC(F)(F)C(F)(F)C(F)(F)F)C(F)(F)F. The van der Waals surface area contributed by atoms with E-state index in [1.165, 1.54) is 9.47 Å². The van der Waals surface area contributed by atoms with Gasteiger partial charge in [-0.1, -0.05) is 0 Å². The van der Waals surface area contributed by atoms with Crippen molar-refractivity contribution in [2.75, 3.05) is 0 Å². The van der Waals surface area contributed by atoms with E-state index in [0.29, 0.717) is 0 Å². The van der Waals surface area contributed by atoms with Crippen molar-refractivity contribution in [2.24, 2.45) is 0 Å². The van der Waals surface area contributed by atoms with Crippen LogP contribution in [0.25, 0.3) is 0 Å². The summed E-state index contributed by atoms with van der Waals surface area (Å²) in [4.78, 5) is 22.3. The molecule has 5 unspecified atom stereocenters. The summed E-state index contributed by atoms with van der Waals surface area (Å²) in [5.41, 5.74) is 0. The minimum Gasteiger partial charge on any atom is -0.394 e. The first-order chi connectivity index (χ1) is 32.3. The molecule has 2 aliphatic rings. The first-order valence-electron chi connectivity index (χ1n) is 15.8. The lowest BCUT2D eigenvalue weighted by Gasteiger charge is -2.37. The van der Waals surface area contributed by atoms with Gasteiger partial charge in [0.1, 0.15) is 0 Å². The van der Waals surface area contributed by atoms with E-state index < -0.39 is 145 Å². The van der Waals surface area contributed by atoms with Crippen LogP contribution >= 0.6 is 0 Å². The lowest BCUT2D eigenvalue weighted by Crippen LogP contribution is -2.66. The van der Waals surface area contributed by atoms with Gasteiger partial charge in [0.25, 0.3) is 6.10 Å². The van der Waals surface area contributed by atoms with E-state index in [0.717, 1.165) is 0 Å². The molecule has 76 heavy (non-hydrogen) atoms. The van der Waals surface area contributed by atoms with E-state index in [1.54, 1.807) is 0 Å². The van der Waals surface area contributed by atoms with E-state index >= 15 is 0 Å². The van der Waals surface area contributed by atoms with Crippen LogP contribution in [0.1, 0.15) is 0 Å². The number of ether oxygens (including phenoxy) is 8. The van der Waals surface area contributed by atoms with Crippen molar-refractivity contribution in [3.63, 3.8) is 0 Å².